The van der Waals surface area contributed by atoms with Crippen LogP contribution in [0.2, 0.25) is 0 Å². The first-order valence-corrected chi connectivity index (χ1v) is 9.60. The first-order valence-electron chi connectivity index (χ1n) is 9.60. The first kappa shape index (κ1) is 26.6. The first-order chi connectivity index (χ1) is 13.4. The maximum atomic E-state index is 12.3. The number of amides is 4. The van der Waals surface area contributed by atoms with Crippen molar-refractivity contribution in [2.45, 2.75) is 71.6 Å². The molecule has 168 valence electrons. The van der Waals surface area contributed by atoms with Crippen molar-refractivity contribution in [1.82, 2.24) is 21.4 Å². The van der Waals surface area contributed by atoms with Crippen molar-refractivity contribution in [3.05, 3.63) is 0 Å². The van der Waals surface area contributed by atoms with Crippen molar-refractivity contribution < 1.29 is 29.1 Å². The van der Waals surface area contributed by atoms with Crippen LogP contribution in [0.25, 0.3) is 0 Å². The standard InChI is InChI=1S/C18H35N5O6/c1-11(2)14(23-28)16(26)22-12(15(25)21-10-13(19)24)8-6-7-9-20-17(27)29-18(3,4)5/h11-12,14,23,28H,6-10H2,1-5H3,(H2,19,24)(H,20,27)(H,21,25)(H,22,26)/t12?,14-/m0/s1. The van der Waals surface area contributed by atoms with Crippen molar-refractivity contribution in [3.63, 3.8) is 0 Å². The van der Waals surface area contributed by atoms with Gasteiger partial charge in [0.15, 0.2) is 0 Å². The summed E-state index contributed by atoms with van der Waals surface area (Å²) in [4.78, 5) is 47.1. The summed E-state index contributed by atoms with van der Waals surface area (Å²) in [5.41, 5.74) is 6.36. The van der Waals surface area contributed by atoms with Gasteiger partial charge in [0.1, 0.15) is 17.7 Å². The lowest BCUT2D eigenvalue weighted by atomic mass is 10.0. The Morgan fingerprint density at radius 1 is 1.03 bits per heavy atom. The van der Waals surface area contributed by atoms with Gasteiger partial charge in [-0.3, -0.25) is 14.4 Å². The molecule has 0 fully saturated rings. The number of alkyl carbamates (subject to hydrolysis) is 1. The zero-order valence-corrected chi connectivity index (χ0v) is 17.8. The Labute approximate surface area is 171 Å². The summed E-state index contributed by atoms with van der Waals surface area (Å²) in [5.74, 6) is -2.03. The van der Waals surface area contributed by atoms with Crippen LogP contribution in [-0.4, -0.2) is 59.8 Å². The van der Waals surface area contributed by atoms with Gasteiger partial charge in [0, 0.05) is 6.54 Å². The molecule has 0 aliphatic heterocycles. The quantitative estimate of drug-likeness (QED) is 0.188. The third kappa shape index (κ3) is 12.6. The van der Waals surface area contributed by atoms with E-state index in [1.807, 2.05) is 5.48 Å². The van der Waals surface area contributed by atoms with E-state index in [1.54, 1.807) is 34.6 Å². The molecular weight excluding hydrogens is 382 g/mol. The van der Waals surface area contributed by atoms with Gasteiger partial charge >= 0.3 is 6.09 Å². The van der Waals surface area contributed by atoms with Gasteiger partial charge in [0.25, 0.3) is 0 Å². The van der Waals surface area contributed by atoms with Gasteiger partial charge < -0.3 is 31.6 Å². The molecule has 1 unspecified atom stereocenters. The van der Waals surface area contributed by atoms with Gasteiger partial charge in [0.05, 0.1) is 6.54 Å². The average molecular weight is 418 g/mol. The van der Waals surface area contributed by atoms with Gasteiger partial charge in [-0.05, 0) is 46.0 Å². The topological polar surface area (TPSA) is 172 Å². The monoisotopic (exact) mass is 417 g/mol. The zero-order valence-electron chi connectivity index (χ0n) is 17.8. The van der Waals surface area contributed by atoms with Crippen LogP contribution >= 0.6 is 0 Å². The number of unbranched alkanes of at least 4 members (excludes halogenated alkanes) is 1. The van der Waals surface area contributed by atoms with E-state index in [0.29, 0.717) is 19.4 Å². The summed E-state index contributed by atoms with van der Waals surface area (Å²) in [6, 6.07) is -1.81. The van der Waals surface area contributed by atoms with Crippen molar-refractivity contribution in [3.8, 4) is 0 Å². The number of primary amides is 1. The predicted molar refractivity (Wildman–Crippen MR) is 106 cm³/mol. The maximum absolute atomic E-state index is 12.3. The summed E-state index contributed by atoms with van der Waals surface area (Å²) in [6.45, 7) is 8.74. The lowest BCUT2D eigenvalue weighted by Crippen LogP contribution is -2.54. The fourth-order valence-electron chi connectivity index (χ4n) is 2.32. The maximum Gasteiger partial charge on any atom is 0.407 e. The second-order valence-corrected chi connectivity index (χ2v) is 8.02. The number of hydrogen-bond donors (Lipinski definition) is 6. The van der Waals surface area contributed by atoms with Crippen molar-refractivity contribution >= 4 is 23.8 Å². The Kier molecular flexibility index (Phi) is 11.9. The molecule has 29 heavy (non-hydrogen) atoms. The van der Waals surface area contributed by atoms with Crippen LogP contribution in [0.1, 0.15) is 53.9 Å². The summed E-state index contributed by atoms with van der Waals surface area (Å²) < 4.78 is 5.13. The van der Waals surface area contributed by atoms with Crippen molar-refractivity contribution in [2.24, 2.45) is 11.7 Å². The molecule has 0 radical (unpaired) electrons. The molecule has 11 heteroatoms. The summed E-state index contributed by atoms with van der Waals surface area (Å²) in [6.07, 6.45) is 0.780. The largest absolute Gasteiger partial charge is 0.444 e. The van der Waals surface area contributed by atoms with Gasteiger partial charge in [-0.25, -0.2) is 4.79 Å². The highest BCUT2D eigenvalue weighted by molar-refractivity contribution is 5.91. The number of hydroxylamine groups is 1. The number of ether oxygens (including phenoxy) is 1. The highest BCUT2D eigenvalue weighted by Gasteiger charge is 2.27. The minimum atomic E-state index is -0.919. The molecule has 0 aromatic carbocycles. The molecule has 0 saturated carbocycles. The van der Waals surface area contributed by atoms with E-state index in [2.05, 4.69) is 16.0 Å². The molecule has 0 aliphatic carbocycles. The van der Waals surface area contributed by atoms with Crippen molar-refractivity contribution in [2.75, 3.05) is 13.1 Å². The van der Waals surface area contributed by atoms with E-state index >= 15 is 0 Å². The zero-order chi connectivity index (χ0) is 22.6. The lowest BCUT2D eigenvalue weighted by molar-refractivity contribution is -0.133. The van der Waals surface area contributed by atoms with E-state index in [9.17, 15) is 19.2 Å². The van der Waals surface area contributed by atoms with E-state index in [0.717, 1.165) is 0 Å². The minimum absolute atomic E-state index is 0.215. The smallest absolute Gasteiger partial charge is 0.407 e. The van der Waals surface area contributed by atoms with Crippen LogP contribution in [0.4, 0.5) is 4.79 Å². The number of carbonyl (C=O) groups excluding carboxylic acids is 4. The van der Waals surface area contributed by atoms with E-state index in [1.165, 1.54) is 0 Å². The third-order valence-corrected chi connectivity index (χ3v) is 3.75. The molecule has 7 N–H and O–H groups in total. The summed E-state index contributed by atoms with van der Waals surface area (Å²) >= 11 is 0. The number of hydrogen-bond acceptors (Lipinski definition) is 7. The SMILES string of the molecule is CC(C)[C@H](NO)C(=O)NC(CCCCNC(=O)OC(C)(C)C)C(=O)NCC(N)=O. The molecule has 0 aromatic rings. The Bertz CT molecular complexity index is 561. The molecule has 0 bridgehead atoms. The minimum Gasteiger partial charge on any atom is -0.444 e. The fourth-order valence-corrected chi connectivity index (χ4v) is 2.32. The molecule has 2 atom stereocenters. The Morgan fingerprint density at radius 3 is 2.14 bits per heavy atom. The molecule has 0 heterocycles. The second-order valence-electron chi connectivity index (χ2n) is 8.02. The third-order valence-electron chi connectivity index (χ3n) is 3.75. The Morgan fingerprint density at radius 2 is 1.66 bits per heavy atom. The van der Waals surface area contributed by atoms with E-state index < -0.39 is 41.5 Å². The Hall–Kier alpha value is -2.40. The highest BCUT2D eigenvalue weighted by Crippen LogP contribution is 2.07. The second kappa shape index (κ2) is 12.9. The van der Waals surface area contributed by atoms with Gasteiger partial charge in [0.2, 0.25) is 17.7 Å². The lowest BCUT2D eigenvalue weighted by Gasteiger charge is -2.23. The highest BCUT2D eigenvalue weighted by atomic mass is 16.6. The molecule has 4 amide bonds. The summed E-state index contributed by atoms with van der Waals surface area (Å²) in [5, 5.41) is 16.7. The van der Waals surface area contributed by atoms with Crippen LogP contribution in [-0.2, 0) is 19.1 Å². The molecule has 11 nitrogen and oxygen atoms in total. The predicted octanol–water partition coefficient (Wildman–Crippen LogP) is -0.229. The molecule has 0 aliphatic rings. The van der Waals surface area contributed by atoms with Crippen LogP contribution in [0.5, 0.6) is 0 Å². The summed E-state index contributed by atoms with van der Waals surface area (Å²) in [7, 11) is 0. The number of rotatable bonds is 12. The molecule has 0 aromatic heterocycles. The van der Waals surface area contributed by atoms with Crippen LogP contribution < -0.4 is 27.2 Å². The average Bonchev–Trinajstić information content (AvgIpc) is 2.56. The van der Waals surface area contributed by atoms with Gasteiger partial charge in [-0.15, -0.1) is 0 Å². The normalized spacial score (nSPS) is 13.3. The van der Waals surface area contributed by atoms with E-state index in [4.69, 9.17) is 15.7 Å². The number of carbonyl (C=O) groups is 4. The number of nitrogens with two attached hydrogens (primary N) is 1. The molecule has 0 rings (SSSR count). The molecule has 0 saturated heterocycles. The van der Waals surface area contributed by atoms with Gasteiger partial charge in [-0.1, -0.05) is 13.8 Å². The molecular formula is C18H35N5O6. The number of nitrogens with one attached hydrogen (secondary N) is 4. The van der Waals surface area contributed by atoms with Crippen LogP contribution in [0.3, 0.4) is 0 Å². The van der Waals surface area contributed by atoms with Gasteiger partial charge in [-0.2, -0.15) is 5.48 Å². The van der Waals surface area contributed by atoms with Crippen LogP contribution in [0, 0.1) is 5.92 Å². The fraction of sp³-hybridized carbons (Fsp3) is 0.778. The molecule has 0 spiro atoms. The van der Waals surface area contributed by atoms with Crippen molar-refractivity contribution in [1.29, 1.82) is 0 Å². The van der Waals surface area contributed by atoms with E-state index in [-0.39, 0.29) is 18.9 Å². The van der Waals surface area contributed by atoms with Crippen LogP contribution in [0.15, 0.2) is 0 Å². The Balaban J connectivity index is 4.66.